The van der Waals surface area contributed by atoms with Gasteiger partial charge in [0, 0.05) is 15.4 Å². The lowest BCUT2D eigenvalue weighted by atomic mass is 10.1. The number of halogens is 3. The number of aromatic carboxylic acids is 1. The van der Waals surface area contributed by atoms with Crippen LogP contribution in [0.15, 0.2) is 52.3 Å². The summed E-state index contributed by atoms with van der Waals surface area (Å²) in [4.78, 5) is 32.9. The lowest BCUT2D eigenvalue weighted by Gasteiger charge is -2.26. The second-order valence-electron chi connectivity index (χ2n) is 8.48. The first-order valence-corrected chi connectivity index (χ1v) is 14.5. The maximum Gasteiger partial charge on any atom is 0.510 e. The SMILES string of the molecule is CC(C)OC(=O)OC(C)OP(=O)(O)C(F)(F)c1ccc(Cn2c(-c3ccc(C(=O)O)cc3)csc2=N)cc1Br. The second-order valence-corrected chi connectivity index (χ2v) is 12.0. The molecule has 2 atom stereocenters. The molecule has 2 unspecified atom stereocenters. The predicted octanol–water partition coefficient (Wildman–Crippen LogP) is 6.36. The number of carboxylic acid groups (broad SMARTS) is 1. The number of nitrogens with one attached hydrogen (secondary N) is 1. The minimum absolute atomic E-state index is 0.0962. The molecule has 0 aliphatic rings. The summed E-state index contributed by atoms with van der Waals surface area (Å²) in [5.41, 5.74) is -3.34. The Balaban J connectivity index is 1.82. The summed E-state index contributed by atoms with van der Waals surface area (Å²) in [7, 11) is -5.70. The van der Waals surface area contributed by atoms with E-state index in [1.54, 1.807) is 22.1 Å². The fraction of sp³-hybridized carbons (Fsp3) is 0.292. The van der Waals surface area contributed by atoms with Gasteiger partial charge >= 0.3 is 25.4 Å². The molecule has 0 aliphatic carbocycles. The molecule has 0 radical (unpaired) electrons. The number of ether oxygens (including phenoxy) is 2. The van der Waals surface area contributed by atoms with Crippen molar-refractivity contribution in [3.63, 3.8) is 0 Å². The third kappa shape index (κ3) is 7.20. The van der Waals surface area contributed by atoms with Gasteiger partial charge in [0.2, 0.25) is 6.29 Å². The molecule has 0 aliphatic heterocycles. The summed E-state index contributed by atoms with van der Waals surface area (Å²) in [5, 5.41) is 19.1. The third-order valence-corrected chi connectivity index (χ3v) is 8.16. The van der Waals surface area contributed by atoms with Gasteiger partial charge in [0.15, 0.2) is 4.80 Å². The lowest BCUT2D eigenvalue weighted by molar-refractivity contribution is -0.0766. The summed E-state index contributed by atoms with van der Waals surface area (Å²) in [6.07, 6.45) is -3.61. The molecule has 3 aromatic rings. The van der Waals surface area contributed by atoms with Crippen molar-refractivity contribution in [2.75, 3.05) is 0 Å². The molecule has 0 bridgehead atoms. The fourth-order valence-electron chi connectivity index (χ4n) is 3.39. The molecule has 2 aromatic carbocycles. The molecule has 0 saturated heterocycles. The minimum Gasteiger partial charge on any atom is -0.478 e. The number of carboxylic acids is 1. The van der Waals surface area contributed by atoms with E-state index in [1.165, 1.54) is 38.1 Å². The van der Waals surface area contributed by atoms with Crippen molar-refractivity contribution in [3.8, 4) is 11.3 Å². The maximum absolute atomic E-state index is 15.1. The van der Waals surface area contributed by atoms with Gasteiger partial charge in [0.05, 0.1) is 23.9 Å². The number of aromatic nitrogens is 1. The average Bonchev–Trinajstić information content (AvgIpc) is 3.17. The Kier molecular flexibility index (Phi) is 9.50. The first kappa shape index (κ1) is 30.6. The molecule has 210 valence electrons. The minimum atomic E-state index is -5.70. The predicted molar refractivity (Wildman–Crippen MR) is 141 cm³/mol. The molecule has 0 saturated carbocycles. The van der Waals surface area contributed by atoms with Crippen LogP contribution in [0.5, 0.6) is 0 Å². The van der Waals surface area contributed by atoms with Crippen LogP contribution in [0, 0.1) is 5.41 Å². The standard InChI is InChI=1S/C24H24BrF2N2O8PS/c1-13(2)35-23(32)36-14(3)37-38(33,34)24(26,27)18-9-4-15(10-19(18)25)11-29-20(12-39-22(29)28)16-5-7-17(8-6-16)21(30)31/h4-10,12-14,28H,11H2,1-3H3,(H,30,31)(H,33,34). The van der Waals surface area contributed by atoms with E-state index in [2.05, 4.69) is 25.2 Å². The van der Waals surface area contributed by atoms with Crippen molar-refractivity contribution in [2.45, 2.75) is 45.4 Å². The van der Waals surface area contributed by atoms with Crippen molar-refractivity contribution >= 4 is 47.0 Å². The maximum atomic E-state index is 15.1. The van der Waals surface area contributed by atoms with Gasteiger partial charge in [0.25, 0.3) is 0 Å². The Morgan fingerprint density at radius 2 is 1.79 bits per heavy atom. The van der Waals surface area contributed by atoms with Crippen molar-refractivity contribution in [1.82, 2.24) is 4.57 Å². The van der Waals surface area contributed by atoms with Crippen LogP contribution >= 0.6 is 34.9 Å². The molecule has 0 amide bonds. The van der Waals surface area contributed by atoms with Gasteiger partial charge < -0.3 is 24.0 Å². The summed E-state index contributed by atoms with van der Waals surface area (Å²) in [6, 6.07) is 9.68. The lowest BCUT2D eigenvalue weighted by Crippen LogP contribution is -2.24. The quantitative estimate of drug-likeness (QED) is 0.131. The molecule has 10 nitrogen and oxygen atoms in total. The highest BCUT2D eigenvalue weighted by Gasteiger charge is 2.55. The molecule has 1 aromatic heterocycles. The van der Waals surface area contributed by atoms with E-state index >= 15 is 8.78 Å². The van der Waals surface area contributed by atoms with Gasteiger partial charge in [-0.3, -0.25) is 14.5 Å². The summed E-state index contributed by atoms with van der Waals surface area (Å²) in [5.74, 6) is -1.07. The van der Waals surface area contributed by atoms with E-state index in [0.717, 1.165) is 24.3 Å². The van der Waals surface area contributed by atoms with Gasteiger partial charge in [-0.2, -0.15) is 8.78 Å². The van der Waals surface area contributed by atoms with Gasteiger partial charge in [-0.05, 0) is 50.1 Å². The van der Waals surface area contributed by atoms with E-state index in [4.69, 9.17) is 15.3 Å². The normalized spacial score (nSPS) is 14.1. The zero-order valence-electron chi connectivity index (χ0n) is 20.8. The number of hydrogen-bond donors (Lipinski definition) is 3. The Bertz CT molecular complexity index is 1480. The number of alkyl halides is 2. The Morgan fingerprint density at radius 1 is 1.15 bits per heavy atom. The van der Waals surface area contributed by atoms with Crippen molar-refractivity contribution in [3.05, 3.63) is 73.8 Å². The van der Waals surface area contributed by atoms with Crippen LogP contribution in [0.1, 0.15) is 42.3 Å². The molecular formula is C24H24BrF2N2O8PS. The molecule has 0 fully saturated rings. The molecular weight excluding hydrogens is 625 g/mol. The van der Waals surface area contributed by atoms with Crippen LogP contribution in [0.2, 0.25) is 0 Å². The highest BCUT2D eigenvalue weighted by Crippen LogP contribution is 2.64. The van der Waals surface area contributed by atoms with Crippen molar-refractivity contribution in [2.24, 2.45) is 0 Å². The average molecular weight is 649 g/mol. The van der Waals surface area contributed by atoms with Crippen LogP contribution in [0.4, 0.5) is 13.6 Å². The first-order chi connectivity index (χ1) is 18.1. The van der Waals surface area contributed by atoms with Crippen molar-refractivity contribution in [1.29, 1.82) is 5.41 Å². The summed E-state index contributed by atoms with van der Waals surface area (Å²) < 4.78 is 58.0. The van der Waals surface area contributed by atoms with E-state index in [1.807, 2.05) is 0 Å². The molecule has 15 heteroatoms. The van der Waals surface area contributed by atoms with E-state index in [0.29, 0.717) is 16.8 Å². The van der Waals surface area contributed by atoms with Gasteiger partial charge in [-0.15, -0.1) is 11.3 Å². The van der Waals surface area contributed by atoms with Crippen LogP contribution in [-0.2, 0) is 30.8 Å². The Morgan fingerprint density at radius 3 is 2.36 bits per heavy atom. The van der Waals surface area contributed by atoms with Crippen LogP contribution in [-0.4, -0.2) is 39.1 Å². The number of benzene rings is 2. The Hall–Kier alpha value is -2.90. The second kappa shape index (κ2) is 12.1. The number of carbonyl (C=O) groups excluding carboxylic acids is 1. The third-order valence-electron chi connectivity index (χ3n) is 5.18. The number of carbonyl (C=O) groups is 2. The summed E-state index contributed by atoms with van der Waals surface area (Å²) >= 11 is 4.17. The van der Waals surface area contributed by atoms with E-state index < -0.39 is 43.3 Å². The first-order valence-electron chi connectivity index (χ1n) is 11.2. The fourth-order valence-corrected chi connectivity index (χ4v) is 6.08. The largest absolute Gasteiger partial charge is 0.510 e. The smallest absolute Gasteiger partial charge is 0.478 e. The van der Waals surface area contributed by atoms with Crippen LogP contribution in [0.3, 0.4) is 0 Å². The number of hydrogen-bond acceptors (Lipinski definition) is 8. The Labute approximate surface area is 233 Å². The van der Waals surface area contributed by atoms with Crippen LogP contribution < -0.4 is 4.80 Å². The van der Waals surface area contributed by atoms with Crippen molar-refractivity contribution < 1.29 is 46.9 Å². The monoisotopic (exact) mass is 648 g/mol. The zero-order chi connectivity index (χ0) is 29.1. The topological polar surface area (TPSA) is 148 Å². The van der Waals surface area contributed by atoms with E-state index in [-0.39, 0.29) is 21.4 Å². The zero-order valence-corrected chi connectivity index (χ0v) is 24.1. The van der Waals surface area contributed by atoms with E-state index in [9.17, 15) is 19.0 Å². The molecule has 1 heterocycles. The molecule has 3 N–H and O–H groups in total. The molecule has 3 rings (SSSR count). The highest BCUT2D eigenvalue weighted by molar-refractivity contribution is 9.10. The highest BCUT2D eigenvalue weighted by atomic mass is 79.9. The molecule has 0 spiro atoms. The molecule has 39 heavy (non-hydrogen) atoms. The van der Waals surface area contributed by atoms with Gasteiger partial charge in [0.1, 0.15) is 0 Å². The summed E-state index contributed by atoms with van der Waals surface area (Å²) in [6.45, 7) is 4.15. The number of rotatable bonds is 10. The van der Waals surface area contributed by atoms with Gasteiger partial charge in [-0.1, -0.05) is 40.2 Å². The van der Waals surface area contributed by atoms with Crippen LogP contribution in [0.25, 0.3) is 11.3 Å². The van der Waals surface area contributed by atoms with Gasteiger partial charge in [-0.25, -0.2) is 9.59 Å². The number of thiazole rings is 1. The number of nitrogens with zero attached hydrogens (tertiary/aromatic N) is 1.